The fourth-order valence-electron chi connectivity index (χ4n) is 5.00. The summed E-state index contributed by atoms with van der Waals surface area (Å²) in [6, 6.07) is 14.3. The molecule has 2 heterocycles. The summed E-state index contributed by atoms with van der Waals surface area (Å²) < 4.78 is 11.3. The number of likely N-dealkylation sites (tertiary alicyclic amines) is 1. The summed E-state index contributed by atoms with van der Waals surface area (Å²) in [5.41, 5.74) is 2.38. The van der Waals surface area contributed by atoms with Crippen molar-refractivity contribution in [2.24, 2.45) is 0 Å². The van der Waals surface area contributed by atoms with E-state index < -0.39 is 11.8 Å². The first kappa shape index (κ1) is 25.9. The number of rotatable bonds is 7. The van der Waals surface area contributed by atoms with Gasteiger partial charge in [0.15, 0.2) is 0 Å². The first-order chi connectivity index (χ1) is 17.4. The van der Waals surface area contributed by atoms with E-state index in [2.05, 4.69) is 12.2 Å². The molecule has 2 aromatic carbocycles. The minimum absolute atomic E-state index is 0.0316. The third-order valence-corrected chi connectivity index (χ3v) is 7.09. The second-order valence-corrected chi connectivity index (χ2v) is 9.44. The van der Waals surface area contributed by atoms with Crippen LogP contribution in [0.4, 0.5) is 0 Å². The number of nitrogens with zero attached hydrogens (tertiary/aromatic N) is 2. The van der Waals surface area contributed by atoms with Gasteiger partial charge in [-0.3, -0.25) is 19.3 Å². The monoisotopic (exact) mass is 493 g/mol. The van der Waals surface area contributed by atoms with E-state index in [0.717, 1.165) is 12.0 Å². The number of benzene rings is 2. The summed E-state index contributed by atoms with van der Waals surface area (Å²) in [5, 5.41) is 2.85. The second kappa shape index (κ2) is 11.2. The highest BCUT2D eigenvalue weighted by Gasteiger charge is 2.54. The molecule has 2 saturated heterocycles. The van der Waals surface area contributed by atoms with Gasteiger partial charge in [-0.05, 0) is 43.2 Å². The van der Waals surface area contributed by atoms with Gasteiger partial charge in [-0.2, -0.15) is 0 Å². The number of piperidine rings is 1. The Kier molecular flexibility index (Phi) is 8.06. The summed E-state index contributed by atoms with van der Waals surface area (Å²) in [4.78, 5) is 43.4. The molecule has 2 aliphatic heterocycles. The van der Waals surface area contributed by atoms with Crippen LogP contribution >= 0.6 is 0 Å². The summed E-state index contributed by atoms with van der Waals surface area (Å²) in [6.07, 6.45) is 1.79. The number of amides is 3. The average molecular weight is 494 g/mol. The topological polar surface area (TPSA) is 88.2 Å². The van der Waals surface area contributed by atoms with E-state index >= 15 is 0 Å². The molecule has 1 N–H and O–H groups in total. The maximum Gasteiger partial charge on any atom is 0.256 e. The van der Waals surface area contributed by atoms with Gasteiger partial charge in [0.2, 0.25) is 5.91 Å². The lowest BCUT2D eigenvalue weighted by atomic mass is 9.95. The molecule has 3 amide bonds. The fraction of sp³-hybridized carbons (Fsp3) is 0.464. The third-order valence-electron chi connectivity index (χ3n) is 7.09. The molecule has 1 unspecified atom stereocenters. The lowest BCUT2D eigenvalue weighted by Crippen LogP contribution is -2.60. The predicted molar refractivity (Wildman–Crippen MR) is 136 cm³/mol. The van der Waals surface area contributed by atoms with Crippen molar-refractivity contribution >= 4 is 17.7 Å². The van der Waals surface area contributed by atoms with Gasteiger partial charge in [-0.15, -0.1) is 0 Å². The van der Waals surface area contributed by atoms with E-state index in [1.807, 2.05) is 49.4 Å². The summed E-state index contributed by atoms with van der Waals surface area (Å²) >= 11 is 0. The minimum Gasteiger partial charge on any atom is -0.383 e. The molecule has 1 spiro atoms. The Morgan fingerprint density at radius 2 is 1.78 bits per heavy atom. The molecule has 4 rings (SSSR count). The molecule has 0 saturated carbocycles. The predicted octanol–water partition coefficient (Wildman–Crippen LogP) is 2.79. The van der Waals surface area contributed by atoms with E-state index in [4.69, 9.17) is 9.47 Å². The van der Waals surface area contributed by atoms with Gasteiger partial charge in [0, 0.05) is 50.7 Å². The first-order valence-electron chi connectivity index (χ1n) is 12.6. The Balaban J connectivity index is 1.54. The smallest absolute Gasteiger partial charge is 0.256 e. The highest BCUT2D eigenvalue weighted by molar-refractivity contribution is 5.99. The van der Waals surface area contributed by atoms with Crippen LogP contribution in [-0.4, -0.2) is 79.2 Å². The number of methoxy groups -OCH3 is 1. The molecule has 2 aromatic rings. The number of aryl methyl sites for hydroxylation is 2. The molecule has 0 aliphatic carbocycles. The summed E-state index contributed by atoms with van der Waals surface area (Å²) in [7, 11) is 1.57. The van der Waals surface area contributed by atoms with Crippen LogP contribution in [0.25, 0.3) is 0 Å². The Morgan fingerprint density at radius 3 is 2.42 bits per heavy atom. The van der Waals surface area contributed by atoms with E-state index in [1.165, 1.54) is 5.56 Å². The molecule has 8 heteroatoms. The van der Waals surface area contributed by atoms with Gasteiger partial charge in [0.25, 0.3) is 11.8 Å². The summed E-state index contributed by atoms with van der Waals surface area (Å²) in [6.45, 7) is 5.73. The van der Waals surface area contributed by atoms with Crippen molar-refractivity contribution in [3.63, 3.8) is 0 Å². The Bertz CT molecular complexity index is 1090. The number of hydrogen-bond acceptors (Lipinski definition) is 5. The molecule has 0 bridgehead atoms. The molecule has 2 fully saturated rings. The van der Waals surface area contributed by atoms with Crippen LogP contribution in [0.3, 0.4) is 0 Å². The molecule has 2 aliphatic rings. The van der Waals surface area contributed by atoms with Crippen LogP contribution in [0.5, 0.6) is 0 Å². The Labute approximate surface area is 212 Å². The van der Waals surface area contributed by atoms with Gasteiger partial charge in [0.05, 0.1) is 13.2 Å². The van der Waals surface area contributed by atoms with Gasteiger partial charge in [0.1, 0.15) is 11.8 Å². The molecular formula is C28H35N3O5. The van der Waals surface area contributed by atoms with Crippen LogP contribution < -0.4 is 5.32 Å². The van der Waals surface area contributed by atoms with E-state index in [0.29, 0.717) is 50.2 Å². The van der Waals surface area contributed by atoms with Crippen LogP contribution in [0.2, 0.25) is 0 Å². The fourth-order valence-corrected chi connectivity index (χ4v) is 5.00. The maximum atomic E-state index is 13.8. The Morgan fingerprint density at radius 1 is 1.06 bits per heavy atom. The summed E-state index contributed by atoms with van der Waals surface area (Å²) in [5.74, 6) is -0.534. The maximum absolute atomic E-state index is 13.8. The van der Waals surface area contributed by atoms with E-state index in [1.54, 1.807) is 23.0 Å². The molecule has 8 nitrogen and oxygen atoms in total. The van der Waals surface area contributed by atoms with Gasteiger partial charge in [-0.1, -0.05) is 36.8 Å². The number of carbonyl (C=O) groups is 3. The molecule has 0 radical (unpaired) electrons. The van der Waals surface area contributed by atoms with Gasteiger partial charge < -0.3 is 19.7 Å². The van der Waals surface area contributed by atoms with Crippen molar-refractivity contribution in [3.05, 3.63) is 70.8 Å². The zero-order chi connectivity index (χ0) is 25.7. The van der Waals surface area contributed by atoms with Crippen LogP contribution in [0, 0.1) is 6.92 Å². The normalized spacial score (nSPS) is 18.9. The Hall–Kier alpha value is -3.23. The van der Waals surface area contributed by atoms with Gasteiger partial charge in [-0.25, -0.2) is 0 Å². The molecule has 36 heavy (non-hydrogen) atoms. The lowest BCUT2D eigenvalue weighted by molar-refractivity contribution is -0.128. The first-order valence-corrected chi connectivity index (χ1v) is 12.6. The zero-order valence-corrected chi connectivity index (χ0v) is 21.3. The number of hydrogen-bond donors (Lipinski definition) is 1. The van der Waals surface area contributed by atoms with Crippen molar-refractivity contribution in [3.8, 4) is 0 Å². The zero-order valence-electron chi connectivity index (χ0n) is 21.3. The number of ether oxygens (including phenoxy) is 2. The standard InChI is InChI=1S/C28H35N3O5/c1-4-21-8-10-22(11-9-21)26(33)30-15-12-28(13-16-30)31(27(34)23-7-5-6-20(2)18-23)24(19-36-28)25(32)29-14-17-35-3/h5-11,18,24H,4,12-17,19H2,1-3H3,(H,29,32). The van der Waals surface area contributed by atoms with Crippen molar-refractivity contribution < 1.29 is 23.9 Å². The van der Waals surface area contributed by atoms with Crippen molar-refractivity contribution in [1.82, 2.24) is 15.1 Å². The minimum atomic E-state index is -0.938. The largest absolute Gasteiger partial charge is 0.383 e. The number of nitrogens with one attached hydrogen (secondary N) is 1. The second-order valence-electron chi connectivity index (χ2n) is 9.44. The highest BCUT2D eigenvalue weighted by atomic mass is 16.5. The van der Waals surface area contributed by atoms with Crippen molar-refractivity contribution in [2.75, 3.05) is 40.0 Å². The van der Waals surface area contributed by atoms with Crippen LogP contribution in [0.15, 0.2) is 48.5 Å². The lowest BCUT2D eigenvalue weighted by Gasteiger charge is -2.44. The molecular weight excluding hydrogens is 458 g/mol. The van der Waals surface area contributed by atoms with Gasteiger partial charge >= 0.3 is 0 Å². The van der Waals surface area contributed by atoms with E-state index in [-0.39, 0.29) is 24.3 Å². The van der Waals surface area contributed by atoms with Crippen molar-refractivity contribution in [2.45, 2.75) is 44.9 Å². The highest BCUT2D eigenvalue weighted by Crippen LogP contribution is 2.39. The van der Waals surface area contributed by atoms with Crippen LogP contribution in [0.1, 0.15) is 51.6 Å². The van der Waals surface area contributed by atoms with E-state index in [9.17, 15) is 14.4 Å². The molecule has 1 atom stereocenters. The molecule has 192 valence electrons. The SMILES string of the molecule is CCc1ccc(C(=O)N2CCC3(CC2)OCC(C(=O)NCCOC)N3C(=O)c2cccc(C)c2)cc1. The quantitative estimate of drug-likeness (QED) is 0.600. The third kappa shape index (κ3) is 5.29. The molecule has 0 aromatic heterocycles. The van der Waals surface area contributed by atoms with Crippen LogP contribution in [-0.2, 0) is 20.7 Å². The van der Waals surface area contributed by atoms with Crippen molar-refractivity contribution in [1.29, 1.82) is 0 Å². The number of carbonyl (C=O) groups excluding carboxylic acids is 3. The average Bonchev–Trinajstić information content (AvgIpc) is 3.27.